The minimum absolute atomic E-state index is 0.106. The fourth-order valence-corrected chi connectivity index (χ4v) is 15.2. The summed E-state index contributed by atoms with van der Waals surface area (Å²) in [6.45, 7) is 9.63. The van der Waals surface area contributed by atoms with E-state index in [1.807, 2.05) is 0 Å². The van der Waals surface area contributed by atoms with Crippen LogP contribution in [-0.4, -0.2) is 96.7 Å². The lowest BCUT2D eigenvalue weighted by molar-refractivity contribution is -0.161. The van der Waals surface area contributed by atoms with Crippen molar-refractivity contribution in [1.29, 1.82) is 0 Å². The molecule has 0 radical (unpaired) electrons. The van der Waals surface area contributed by atoms with E-state index in [-0.39, 0.29) is 25.7 Å². The molecule has 0 fully saturated rings. The SMILES string of the molecule is CCCCCCCCCCCCCCCCCCCCCCCC(=O)O[C@H](COC(=O)CCCCCCCCCCCCCCCCCCCCCC)COP(=O)(O)OC[C@@H](O)COP(=O)(O)OC[C@@H](COC(=O)CCCCCCCCCCC(C)C)OC(=O)CCCCCCCCCCCCCC(C)C. The number of carbonyl (C=O) groups excluding carboxylic acids is 4. The highest BCUT2D eigenvalue weighted by Crippen LogP contribution is 2.45. The largest absolute Gasteiger partial charge is 0.472 e. The van der Waals surface area contributed by atoms with Crippen LogP contribution >= 0.6 is 15.6 Å². The molecule has 0 aromatic rings. The van der Waals surface area contributed by atoms with Gasteiger partial charge in [-0.3, -0.25) is 37.3 Å². The normalized spacial score (nSPS) is 13.8. The van der Waals surface area contributed by atoms with Crippen LogP contribution in [0.15, 0.2) is 0 Å². The molecule has 0 bridgehead atoms. The predicted molar refractivity (Wildman–Crippen MR) is 437 cm³/mol. The van der Waals surface area contributed by atoms with Crippen molar-refractivity contribution in [3.05, 3.63) is 0 Å². The summed E-state index contributed by atoms with van der Waals surface area (Å²) in [6, 6.07) is 0. The maximum Gasteiger partial charge on any atom is 0.472 e. The average molecular weight is 1550 g/mol. The van der Waals surface area contributed by atoms with Gasteiger partial charge in [-0.05, 0) is 37.5 Å². The Morgan fingerprint density at radius 3 is 0.642 bits per heavy atom. The van der Waals surface area contributed by atoms with Crippen molar-refractivity contribution >= 4 is 39.5 Å². The zero-order chi connectivity index (χ0) is 77.8. The Bertz CT molecular complexity index is 2030. The van der Waals surface area contributed by atoms with Gasteiger partial charge in [-0.1, -0.05) is 414 Å². The quantitative estimate of drug-likeness (QED) is 0.0222. The third kappa shape index (κ3) is 80.1. The van der Waals surface area contributed by atoms with Crippen LogP contribution in [-0.2, 0) is 65.4 Å². The summed E-state index contributed by atoms with van der Waals surface area (Å²) in [4.78, 5) is 73.2. The second-order valence-corrected chi connectivity index (χ2v) is 35.1. The van der Waals surface area contributed by atoms with Gasteiger partial charge in [0, 0.05) is 25.7 Å². The van der Waals surface area contributed by atoms with Crippen molar-refractivity contribution in [3.8, 4) is 0 Å². The van der Waals surface area contributed by atoms with Gasteiger partial charge >= 0.3 is 39.5 Å². The van der Waals surface area contributed by atoms with Crippen molar-refractivity contribution in [1.82, 2.24) is 0 Å². The van der Waals surface area contributed by atoms with E-state index in [0.717, 1.165) is 102 Å². The number of aliphatic hydroxyl groups excluding tert-OH is 1. The van der Waals surface area contributed by atoms with Gasteiger partial charge in [-0.15, -0.1) is 0 Å². The lowest BCUT2D eigenvalue weighted by Crippen LogP contribution is -2.30. The van der Waals surface area contributed by atoms with Crippen molar-refractivity contribution in [2.75, 3.05) is 39.6 Å². The fraction of sp³-hybridized carbons (Fsp3) is 0.954. The Hall–Kier alpha value is -1.94. The summed E-state index contributed by atoms with van der Waals surface area (Å²) in [7, 11) is -9.93. The summed E-state index contributed by atoms with van der Waals surface area (Å²) in [5.74, 6) is -0.612. The topological polar surface area (TPSA) is 237 Å². The molecule has 19 heteroatoms. The summed E-state index contributed by atoms with van der Waals surface area (Å²) in [5, 5.41) is 10.7. The van der Waals surface area contributed by atoms with E-state index >= 15 is 0 Å². The number of unbranched alkanes of at least 4 members (excludes halogenated alkanes) is 56. The van der Waals surface area contributed by atoms with Crippen molar-refractivity contribution in [3.63, 3.8) is 0 Å². The van der Waals surface area contributed by atoms with E-state index in [0.29, 0.717) is 25.7 Å². The molecule has 0 rings (SSSR count). The molecule has 0 aromatic heterocycles. The molecule has 0 saturated carbocycles. The van der Waals surface area contributed by atoms with Crippen LogP contribution in [0.5, 0.6) is 0 Å². The minimum Gasteiger partial charge on any atom is -0.462 e. The molecule has 0 amide bonds. The highest BCUT2D eigenvalue weighted by atomic mass is 31.2. The van der Waals surface area contributed by atoms with Crippen LogP contribution in [0.25, 0.3) is 0 Å². The maximum atomic E-state index is 13.2. The molecule has 0 aliphatic rings. The van der Waals surface area contributed by atoms with Gasteiger partial charge in [0.2, 0.25) is 0 Å². The number of carbonyl (C=O) groups is 4. The van der Waals surface area contributed by atoms with E-state index in [9.17, 15) is 43.2 Å². The number of hydrogen-bond acceptors (Lipinski definition) is 15. The molecule has 0 heterocycles. The Labute approximate surface area is 651 Å². The molecular formula is C87H170O17P2. The smallest absolute Gasteiger partial charge is 0.462 e. The Balaban J connectivity index is 5.23. The summed E-state index contributed by atoms with van der Waals surface area (Å²) < 4.78 is 68.9. The zero-order valence-electron chi connectivity index (χ0n) is 69.7. The molecule has 3 N–H and O–H groups in total. The Morgan fingerprint density at radius 1 is 0.255 bits per heavy atom. The number of esters is 4. The van der Waals surface area contributed by atoms with Gasteiger partial charge in [-0.25, -0.2) is 9.13 Å². The lowest BCUT2D eigenvalue weighted by Gasteiger charge is -2.21. The number of hydrogen-bond donors (Lipinski definition) is 3. The van der Waals surface area contributed by atoms with E-state index < -0.39 is 97.5 Å². The highest BCUT2D eigenvalue weighted by molar-refractivity contribution is 7.47. The third-order valence-corrected chi connectivity index (χ3v) is 22.4. The van der Waals surface area contributed by atoms with E-state index in [2.05, 4.69) is 41.5 Å². The summed E-state index contributed by atoms with van der Waals surface area (Å²) in [6.07, 6.45) is 71.0. The summed E-state index contributed by atoms with van der Waals surface area (Å²) in [5.41, 5.74) is 0. The standard InChI is InChI=1S/C87H170O17P2/c1-7-9-11-13-15-17-19-21-23-25-27-29-31-33-35-37-41-45-53-59-65-71-86(91)103-82(75-97-84(89)69-63-57-51-44-40-36-34-32-30-28-26-24-22-20-18-16-14-12-10-8-2)77-101-105(93,94)99-73-81(88)74-100-106(95,96)102-78-83(76-98-85(90)70-64-58-52-48-47-50-56-62-68-80(5)6)104-87(92)72-66-60-54-46-42-38-39-43-49-55-61-67-79(3)4/h79-83,88H,7-78H2,1-6H3,(H,93,94)(H,95,96)/t81-,82-,83-/m1/s1. The van der Waals surface area contributed by atoms with Crippen molar-refractivity contribution in [2.24, 2.45) is 11.8 Å². The van der Waals surface area contributed by atoms with Gasteiger partial charge in [0.25, 0.3) is 0 Å². The fourth-order valence-electron chi connectivity index (χ4n) is 13.6. The second kappa shape index (κ2) is 78.3. The number of ether oxygens (including phenoxy) is 4. The lowest BCUT2D eigenvalue weighted by atomic mass is 10.0. The molecule has 0 spiro atoms. The minimum atomic E-state index is -4.97. The maximum absolute atomic E-state index is 13.2. The van der Waals surface area contributed by atoms with Gasteiger partial charge in [-0.2, -0.15) is 0 Å². The van der Waals surface area contributed by atoms with Crippen LogP contribution in [0.1, 0.15) is 465 Å². The molecule has 2 unspecified atom stereocenters. The third-order valence-electron chi connectivity index (χ3n) is 20.5. The van der Waals surface area contributed by atoms with Gasteiger partial charge in [0.1, 0.15) is 19.3 Å². The molecule has 0 aliphatic heterocycles. The highest BCUT2D eigenvalue weighted by Gasteiger charge is 2.30. The summed E-state index contributed by atoms with van der Waals surface area (Å²) >= 11 is 0. The number of aliphatic hydroxyl groups is 1. The number of rotatable bonds is 86. The molecule has 0 saturated heterocycles. The monoisotopic (exact) mass is 1550 g/mol. The number of phosphoric acid groups is 2. The predicted octanol–water partition coefficient (Wildman–Crippen LogP) is 26.6. The van der Waals surface area contributed by atoms with Crippen molar-refractivity contribution < 1.29 is 80.2 Å². The van der Waals surface area contributed by atoms with Crippen molar-refractivity contribution in [2.45, 2.75) is 484 Å². The first kappa shape index (κ1) is 104. The number of phosphoric ester groups is 2. The zero-order valence-corrected chi connectivity index (χ0v) is 71.5. The molecule has 106 heavy (non-hydrogen) atoms. The molecule has 630 valence electrons. The van der Waals surface area contributed by atoms with Gasteiger partial charge < -0.3 is 33.8 Å². The molecule has 0 aliphatic carbocycles. The molecule has 5 atom stereocenters. The van der Waals surface area contributed by atoms with Gasteiger partial charge in [0.05, 0.1) is 26.4 Å². The first-order valence-electron chi connectivity index (χ1n) is 45.0. The molecule has 17 nitrogen and oxygen atoms in total. The Morgan fingerprint density at radius 2 is 0.434 bits per heavy atom. The average Bonchev–Trinajstić information content (AvgIpc) is 0.903. The van der Waals surface area contributed by atoms with Crippen LogP contribution in [0.2, 0.25) is 0 Å². The molecular weight excluding hydrogens is 1380 g/mol. The molecule has 0 aromatic carbocycles. The van der Waals surface area contributed by atoms with Crippen LogP contribution in [0.3, 0.4) is 0 Å². The van der Waals surface area contributed by atoms with E-state index in [1.54, 1.807) is 0 Å². The first-order chi connectivity index (χ1) is 51.4. The van der Waals surface area contributed by atoms with Gasteiger partial charge in [0.15, 0.2) is 12.2 Å². The van der Waals surface area contributed by atoms with E-state index in [4.69, 9.17) is 37.0 Å². The van der Waals surface area contributed by atoms with E-state index in [1.165, 1.54) is 283 Å². The van der Waals surface area contributed by atoms with Crippen LogP contribution < -0.4 is 0 Å². The van der Waals surface area contributed by atoms with Crippen LogP contribution in [0, 0.1) is 11.8 Å². The van der Waals surface area contributed by atoms with Crippen LogP contribution in [0.4, 0.5) is 0 Å². The second-order valence-electron chi connectivity index (χ2n) is 32.2. The Kier molecular flexibility index (Phi) is 76.9. The first-order valence-corrected chi connectivity index (χ1v) is 48.0.